The molecule has 1 atom stereocenters. The molecule has 0 bridgehead atoms. The van der Waals surface area contributed by atoms with E-state index in [1.165, 1.54) is 36.1 Å². The van der Waals surface area contributed by atoms with Gasteiger partial charge in [-0.25, -0.2) is 0 Å². The summed E-state index contributed by atoms with van der Waals surface area (Å²) < 4.78 is 0. The van der Waals surface area contributed by atoms with Crippen molar-refractivity contribution in [2.75, 3.05) is 5.73 Å². The predicted molar refractivity (Wildman–Crippen MR) is 98.0 cm³/mol. The van der Waals surface area contributed by atoms with Gasteiger partial charge in [-0.15, -0.1) is 11.3 Å². The van der Waals surface area contributed by atoms with Crippen LogP contribution in [0.15, 0.2) is 0 Å². The maximum absolute atomic E-state index is 12.7. The third kappa shape index (κ3) is 3.28. The standard InChI is InChI=1S/C19H30N2OS/c1-4-19(2,3)12-9-10-14-15(11-12)23-17(20)16(14)18(22)21-13-7-5-6-8-13/h12-13H,4-11,20H2,1-3H3,(H,21,22)/t12-/m0/s1. The van der Waals surface area contributed by atoms with Crippen LogP contribution in [-0.4, -0.2) is 11.9 Å². The Morgan fingerprint density at radius 2 is 2.00 bits per heavy atom. The van der Waals surface area contributed by atoms with Crippen molar-refractivity contribution < 1.29 is 4.79 Å². The molecule has 0 aromatic carbocycles. The summed E-state index contributed by atoms with van der Waals surface area (Å²) in [6.45, 7) is 7.01. The van der Waals surface area contributed by atoms with E-state index in [2.05, 4.69) is 26.1 Å². The molecule has 23 heavy (non-hydrogen) atoms. The van der Waals surface area contributed by atoms with Gasteiger partial charge in [0, 0.05) is 10.9 Å². The largest absolute Gasteiger partial charge is 0.390 e. The van der Waals surface area contributed by atoms with Gasteiger partial charge in [-0.3, -0.25) is 4.79 Å². The first kappa shape index (κ1) is 16.8. The minimum Gasteiger partial charge on any atom is -0.390 e. The number of amides is 1. The van der Waals surface area contributed by atoms with E-state index in [9.17, 15) is 4.79 Å². The van der Waals surface area contributed by atoms with E-state index in [1.54, 1.807) is 11.3 Å². The number of hydrogen-bond donors (Lipinski definition) is 2. The van der Waals surface area contributed by atoms with Gasteiger partial charge in [0.25, 0.3) is 5.91 Å². The monoisotopic (exact) mass is 334 g/mol. The Labute approximate surface area is 144 Å². The molecule has 3 N–H and O–H groups in total. The molecule has 1 fully saturated rings. The van der Waals surface area contributed by atoms with Crippen molar-refractivity contribution in [2.45, 2.75) is 78.2 Å². The van der Waals surface area contributed by atoms with Crippen LogP contribution in [0.5, 0.6) is 0 Å². The maximum Gasteiger partial charge on any atom is 0.254 e. The lowest BCUT2D eigenvalue weighted by Gasteiger charge is -2.36. The molecule has 2 aliphatic rings. The van der Waals surface area contributed by atoms with Crippen LogP contribution in [-0.2, 0) is 12.8 Å². The number of thiophene rings is 1. The SMILES string of the molecule is CCC(C)(C)[C@H]1CCc2c(sc(N)c2C(=O)NC2CCCC2)C1. The van der Waals surface area contributed by atoms with Crippen molar-refractivity contribution >= 4 is 22.2 Å². The van der Waals surface area contributed by atoms with Gasteiger partial charge in [-0.05, 0) is 49.0 Å². The highest BCUT2D eigenvalue weighted by Gasteiger charge is 2.35. The van der Waals surface area contributed by atoms with Gasteiger partial charge in [0.15, 0.2) is 0 Å². The number of carbonyl (C=O) groups is 1. The van der Waals surface area contributed by atoms with Crippen LogP contribution in [0.1, 0.15) is 80.1 Å². The summed E-state index contributed by atoms with van der Waals surface area (Å²) in [6.07, 6.45) is 9.16. The van der Waals surface area contributed by atoms with Crippen LogP contribution in [0.3, 0.4) is 0 Å². The Hall–Kier alpha value is -1.03. The third-order valence-electron chi connectivity index (χ3n) is 6.23. The predicted octanol–water partition coefficient (Wildman–Crippen LogP) is 4.54. The zero-order chi connectivity index (χ0) is 16.6. The summed E-state index contributed by atoms with van der Waals surface area (Å²) in [4.78, 5) is 14.1. The number of nitrogens with two attached hydrogens (primary N) is 1. The summed E-state index contributed by atoms with van der Waals surface area (Å²) in [6, 6.07) is 0.354. The van der Waals surface area contributed by atoms with Crippen molar-refractivity contribution in [1.29, 1.82) is 0 Å². The Morgan fingerprint density at radius 1 is 1.30 bits per heavy atom. The van der Waals surface area contributed by atoms with Gasteiger partial charge < -0.3 is 11.1 Å². The molecular formula is C19H30N2OS. The fourth-order valence-corrected chi connectivity index (χ4v) is 5.33. The molecule has 3 nitrogen and oxygen atoms in total. The van der Waals surface area contributed by atoms with E-state index in [0.29, 0.717) is 17.4 Å². The Balaban J connectivity index is 1.78. The average molecular weight is 335 g/mol. The maximum atomic E-state index is 12.7. The molecule has 0 saturated heterocycles. The fraction of sp³-hybridized carbons (Fsp3) is 0.737. The Kier molecular flexibility index (Phi) is 4.73. The molecule has 1 aromatic rings. The number of fused-ring (bicyclic) bond motifs is 1. The first-order valence-corrected chi connectivity index (χ1v) is 9.95. The van der Waals surface area contributed by atoms with E-state index in [-0.39, 0.29) is 5.91 Å². The van der Waals surface area contributed by atoms with Crippen LogP contribution >= 0.6 is 11.3 Å². The van der Waals surface area contributed by atoms with Gasteiger partial charge in [0.05, 0.1) is 10.6 Å². The highest BCUT2D eigenvalue weighted by Crippen LogP contribution is 2.44. The minimum absolute atomic E-state index is 0.0695. The molecular weight excluding hydrogens is 304 g/mol. The van der Waals surface area contributed by atoms with E-state index >= 15 is 0 Å². The molecule has 3 rings (SSSR count). The van der Waals surface area contributed by atoms with Crippen LogP contribution in [0.4, 0.5) is 5.00 Å². The Bertz CT molecular complexity index is 584. The first-order valence-electron chi connectivity index (χ1n) is 9.13. The number of anilines is 1. The van der Waals surface area contributed by atoms with Crippen LogP contribution in [0.25, 0.3) is 0 Å². The lowest BCUT2D eigenvalue weighted by atomic mass is 9.69. The number of rotatable bonds is 4. The van der Waals surface area contributed by atoms with Crippen LogP contribution in [0.2, 0.25) is 0 Å². The quantitative estimate of drug-likeness (QED) is 0.849. The molecule has 1 aromatic heterocycles. The van der Waals surface area contributed by atoms with E-state index in [0.717, 1.165) is 36.2 Å². The molecule has 1 saturated carbocycles. The molecule has 0 radical (unpaired) electrons. The fourth-order valence-electron chi connectivity index (χ4n) is 4.14. The van der Waals surface area contributed by atoms with Crippen molar-refractivity contribution in [3.05, 3.63) is 16.0 Å². The molecule has 4 heteroatoms. The summed E-state index contributed by atoms with van der Waals surface area (Å²) in [5.74, 6) is 0.767. The van der Waals surface area contributed by atoms with E-state index < -0.39 is 0 Å². The number of nitrogens with one attached hydrogen (secondary N) is 1. The Morgan fingerprint density at radius 3 is 2.65 bits per heavy atom. The minimum atomic E-state index is 0.0695. The molecule has 128 valence electrons. The number of nitrogen functional groups attached to an aromatic ring is 1. The van der Waals surface area contributed by atoms with Crippen molar-refractivity contribution in [1.82, 2.24) is 5.32 Å². The smallest absolute Gasteiger partial charge is 0.254 e. The van der Waals surface area contributed by atoms with Gasteiger partial charge >= 0.3 is 0 Å². The third-order valence-corrected chi connectivity index (χ3v) is 7.31. The molecule has 1 amide bonds. The van der Waals surface area contributed by atoms with Crippen molar-refractivity contribution in [2.24, 2.45) is 11.3 Å². The highest BCUT2D eigenvalue weighted by molar-refractivity contribution is 7.16. The molecule has 0 unspecified atom stereocenters. The van der Waals surface area contributed by atoms with Gasteiger partial charge in [-0.1, -0.05) is 40.0 Å². The van der Waals surface area contributed by atoms with Gasteiger partial charge in [0.2, 0.25) is 0 Å². The van der Waals surface area contributed by atoms with Crippen LogP contribution in [0, 0.1) is 11.3 Å². The van der Waals surface area contributed by atoms with Gasteiger partial charge in [0.1, 0.15) is 0 Å². The van der Waals surface area contributed by atoms with Gasteiger partial charge in [-0.2, -0.15) is 0 Å². The van der Waals surface area contributed by atoms with Crippen molar-refractivity contribution in [3.63, 3.8) is 0 Å². The van der Waals surface area contributed by atoms with E-state index in [4.69, 9.17) is 5.73 Å². The topological polar surface area (TPSA) is 55.1 Å². The molecule has 0 aliphatic heterocycles. The zero-order valence-corrected chi connectivity index (χ0v) is 15.5. The normalized spacial score (nSPS) is 22.1. The summed E-state index contributed by atoms with van der Waals surface area (Å²) in [5.41, 5.74) is 8.64. The van der Waals surface area contributed by atoms with Crippen LogP contribution < -0.4 is 11.1 Å². The second-order valence-corrected chi connectivity index (χ2v) is 9.12. The molecule has 0 spiro atoms. The highest BCUT2D eigenvalue weighted by atomic mass is 32.1. The average Bonchev–Trinajstić information content (AvgIpc) is 3.12. The molecule has 1 heterocycles. The summed E-state index contributed by atoms with van der Waals surface area (Å²) in [7, 11) is 0. The first-order chi connectivity index (χ1) is 10.9. The number of hydrogen-bond acceptors (Lipinski definition) is 3. The second-order valence-electron chi connectivity index (χ2n) is 7.98. The number of carbonyl (C=O) groups excluding carboxylic acids is 1. The lowest BCUT2D eigenvalue weighted by Crippen LogP contribution is -2.34. The lowest BCUT2D eigenvalue weighted by molar-refractivity contribution is 0.0937. The van der Waals surface area contributed by atoms with Crippen molar-refractivity contribution in [3.8, 4) is 0 Å². The summed E-state index contributed by atoms with van der Waals surface area (Å²) >= 11 is 1.65. The zero-order valence-electron chi connectivity index (χ0n) is 14.7. The van der Waals surface area contributed by atoms with E-state index in [1.807, 2.05) is 0 Å². The summed E-state index contributed by atoms with van der Waals surface area (Å²) in [5, 5.41) is 3.94. The second kappa shape index (κ2) is 6.46. The molecule has 2 aliphatic carbocycles.